The highest BCUT2D eigenvalue weighted by atomic mass is 32.1. The summed E-state index contributed by atoms with van der Waals surface area (Å²) in [6.45, 7) is 9.83. The van der Waals surface area contributed by atoms with Crippen LogP contribution in [0.1, 0.15) is 44.2 Å². The summed E-state index contributed by atoms with van der Waals surface area (Å²) in [4.78, 5) is 11.2. The van der Waals surface area contributed by atoms with E-state index in [-0.39, 0.29) is 0 Å². The molecule has 1 fully saturated rings. The lowest BCUT2D eigenvalue weighted by molar-refractivity contribution is 0.372. The van der Waals surface area contributed by atoms with Crippen LogP contribution in [-0.2, 0) is 13.0 Å². The Balaban J connectivity index is 2.11. The van der Waals surface area contributed by atoms with Crippen LogP contribution in [0.4, 0.5) is 5.13 Å². The lowest BCUT2D eigenvalue weighted by Gasteiger charge is -2.26. The van der Waals surface area contributed by atoms with Crippen LogP contribution in [0.25, 0.3) is 0 Å². The van der Waals surface area contributed by atoms with Crippen molar-refractivity contribution in [3.05, 3.63) is 10.6 Å². The lowest BCUT2D eigenvalue weighted by atomic mass is 10.2. The second-order valence-corrected chi connectivity index (χ2v) is 7.57. The van der Waals surface area contributed by atoms with Gasteiger partial charge in [0.15, 0.2) is 5.13 Å². The first-order chi connectivity index (χ1) is 10.0. The molecule has 0 aromatic carbocycles. The summed E-state index contributed by atoms with van der Waals surface area (Å²) in [6, 6.07) is 1.15. The van der Waals surface area contributed by atoms with Crippen molar-refractivity contribution < 1.29 is 0 Å². The minimum Gasteiger partial charge on any atom is -0.344 e. The molecule has 1 unspecified atom stereocenters. The zero-order valence-electron chi connectivity index (χ0n) is 14.1. The summed E-state index contributed by atoms with van der Waals surface area (Å²) >= 11 is 1.89. The first kappa shape index (κ1) is 16.7. The van der Waals surface area contributed by atoms with Gasteiger partial charge in [0.25, 0.3) is 0 Å². The highest BCUT2D eigenvalue weighted by Crippen LogP contribution is 2.32. The molecule has 21 heavy (non-hydrogen) atoms. The van der Waals surface area contributed by atoms with Gasteiger partial charge in [0.2, 0.25) is 0 Å². The van der Waals surface area contributed by atoms with Gasteiger partial charge in [-0.15, -0.1) is 11.3 Å². The molecule has 1 aliphatic heterocycles. The molecule has 1 aromatic heterocycles. The van der Waals surface area contributed by atoms with Gasteiger partial charge in [-0.05, 0) is 33.4 Å². The van der Waals surface area contributed by atoms with Crippen LogP contribution >= 0.6 is 11.3 Å². The number of hydrogen-bond acceptors (Lipinski definition) is 5. The molecule has 0 radical (unpaired) electrons. The molecule has 120 valence electrons. The van der Waals surface area contributed by atoms with Crippen LogP contribution in [-0.4, -0.2) is 49.2 Å². The molecule has 0 amide bonds. The molecule has 0 bridgehead atoms. The van der Waals surface area contributed by atoms with E-state index in [4.69, 9.17) is 4.98 Å². The van der Waals surface area contributed by atoms with Gasteiger partial charge in [-0.1, -0.05) is 20.8 Å². The summed E-state index contributed by atoms with van der Waals surface area (Å²) in [5.74, 6) is 0. The highest BCUT2D eigenvalue weighted by Gasteiger charge is 2.28. The summed E-state index contributed by atoms with van der Waals surface area (Å²) in [7, 11) is 4.32. The Morgan fingerprint density at radius 2 is 2.19 bits per heavy atom. The molecule has 1 aliphatic rings. The van der Waals surface area contributed by atoms with Crippen molar-refractivity contribution in [1.29, 1.82) is 0 Å². The van der Waals surface area contributed by atoms with E-state index in [0.29, 0.717) is 12.1 Å². The Labute approximate surface area is 133 Å². The molecule has 0 saturated carbocycles. The SMILES string of the molecule is CCc1nc(N2CCCC2CN(C)C)sc1CNC(C)C. The third-order valence-corrected chi connectivity index (χ3v) is 5.11. The second-order valence-electron chi connectivity index (χ2n) is 6.51. The third kappa shape index (κ3) is 4.41. The van der Waals surface area contributed by atoms with E-state index in [1.165, 1.54) is 28.5 Å². The summed E-state index contributed by atoms with van der Waals surface area (Å²) in [5, 5.41) is 4.76. The fraction of sp³-hybridized carbons (Fsp3) is 0.812. The Hall–Kier alpha value is -0.650. The van der Waals surface area contributed by atoms with E-state index in [0.717, 1.165) is 26.1 Å². The average molecular weight is 311 g/mol. The average Bonchev–Trinajstić information content (AvgIpc) is 3.01. The van der Waals surface area contributed by atoms with E-state index in [1.807, 2.05) is 11.3 Å². The Morgan fingerprint density at radius 1 is 1.43 bits per heavy atom. The predicted molar refractivity (Wildman–Crippen MR) is 92.4 cm³/mol. The summed E-state index contributed by atoms with van der Waals surface area (Å²) in [6.07, 6.45) is 3.61. The standard InChI is InChI=1S/C16H30N4S/c1-6-14-15(10-17-12(2)3)21-16(18-14)20-9-7-8-13(20)11-19(4)5/h12-13,17H,6-11H2,1-5H3. The molecule has 1 saturated heterocycles. The number of nitrogens with one attached hydrogen (secondary N) is 1. The van der Waals surface area contributed by atoms with Gasteiger partial charge in [-0.3, -0.25) is 0 Å². The molecule has 4 nitrogen and oxygen atoms in total. The maximum Gasteiger partial charge on any atom is 0.186 e. The van der Waals surface area contributed by atoms with Crippen molar-refractivity contribution in [2.24, 2.45) is 0 Å². The summed E-state index contributed by atoms with van der Waals surface area (Å²) in [5.41, 5.74) is 1.28. The highest BCUT2D eigenvalue weighted by molar-refractivity contribution is 7.15. The minimum absolute atomic E-state index is 0.522. The molecule has 1 aromatic rings. The minimum atomic E-state index is 0.522. The van der Waals surface area contributed by atoms with E-state index >= 15 is 0 Å². The number of anilines is 1. The number of aryl methyl sites for hydroxylation is 1. The van der Waals surface area contributed by atoms with Crippen LogP contribution in [0.2, 0.25) is 0 Å². The molecule has 0 aliphatic carbocycles. The number of likely N-dealkylation sites (N-methyl/N-ethyl adjacent to an activating group) is 1. The van der Waals surface area contributed by atoms with E-state index in [2.05, 4.69) is 50.0 Å². The number of thiazole rings is 1. The van der Waals surface area contributed by atoms with Crippen LogP contribution in [0.15, 0.2) is 0 Å². The Kier molecular flexibility index (Phi) is 6.02. The fourth-order valence-electron chi connectivity index (χ4n) is 2.90. The second kappa shape index (κ2) is 7.56. The van der Waals surface area contributed by atoms with Crippen molar-refractivity contribution in [3.8, 4) is 0 Å². The molecule has 1 atom stereocenters. The number of aromatic nitrogens is 1. The lowest BCUT2D eigenvalue weighted by Crippen LogP contribution is -2.37. The van der Waals surface area contributed by atoms with Crippen molar-refractivity contribution in [2.45, 2.75) is 58.7 Å². The van der Waals surface area contributed by atoms with Crippen molar-refractivity contribution >= 4 is 16.5 Å². The number of rotatable bonds is 7. The zero-order valence-corrected chi connectivity index (χ0v) is 15.0. The van der Waals surface area contributed by atoms with Crippen molar-refractivity contribution in [1.82, 2.24) is 15.2 Å². The van der Waals surface area contributed by atoms with Crippen molar-refractivity contribution in [3.63, 3.8) is 0 Å². The first-order valence-corrected chi connectivity index (χ1v) is 8.96. The van der Waals surface area contributed by atoms with Gasteiger partial charge in [0.05, 0.1) is 5.69 Å². The molecular weight excluding hydrogens is 280 g/mol. The first-order valence-electron chi connectivity index (χ1n) is 8.14. The van der Waals surface area contributed by atoms with E-state index in [1.54, 1.807) is 0 Å². The van der Waals surface area contributed by atoms with E-state index < -0.39 is 0 Å². The van der Waals surface area contributed by atoms with Gasteiger partial charge in [-0.25, -0.2) is 4.98 Å². The Morgan fingerprint density at radius 3 is 2.81 bits per heavy atom. The zero-order chi connectivity index (χ0) is 15.4. The molecule has 1 N–H and O–H groups in total. The predicted octanol–water partition coefficient (Wildman–Crippen LogP) is 2.73. The van der Waals surface area contributed by atoms with E-state index in [9.17, 15) is 0 Å². The largest absolute Gasteiger partial charge is 0.344 e. The van der Waals surface area contributed by atoms with Gasteiger partial charge in [0, 0.05) is 36.6 Å². The van der Waals surface area contributed by atoms with Crippen LogP contribution in [0.3, 0.4) is 0 Å². The molecule has 2 rings (SSSR count). The van der Waals surface area contributed by atoms with Gasteiger partial charge in [0.1, 0.15) is 0 Å². The maximum absolute atomic E-state index is 4.93. The quantitative estimate of drug-likeness (QED) is 0.839. The smallest absolute Gasteiger partial charge is 0.186 e. The topological polar surface area (TPSA) is 31.4 Å². The van der Waals surface area contributed by atoms with Crippen LogP contribution in [0.5, 0.6) is 0 Å². The monoisotopic (exact) mass is 310 g/mol. The van der Waals surface area contributed by atoms with Crippen LogP contribution in [0, 0.1) is 0 Å². The molecule has 5 heteroatoms. The Bertz CT molecular complexity index is 441. The summed E-state index contributed by atoms with van der Waals surface area (Å²) < 4.78 is 0. The van der Waals surface area contributed by atoms with Crippen molar-refractivity contribution in [2.75, 3.05) is 32.1 Å². The molecular formula is C16H30N4S. The van der Waals surface area contributed by atoms with Gasteiger partial charge >= 0.3 is 0 Å². The normalized spacial score (nSPS) is 19.2. The molecule has 0 spiro atoms. The third-order valence-electron chi connectivity index (χ3n) is 3.97. The maximum atomic E-state index is 4.93. The fourth-order valence-corrected chi connectivity index (χ4v) is 4.10. The van der Waals surface area contributed by atoms with Gasteiger partial charge in [-0.2, -0.15) is 0 Å². The van der Waals surface area contributed by atoms with Crippen LogP contribution < -0.4 is 10.2 Å². The number of hydrogen-bond donors (Lipinski definition) is 1. The molecule has 2 heterocycles. The number of nitrogens with zero attached hydrogens (tertiary/aromatic N) is 3. The van der Waals surface area contributed by atoms with Gasteiger partial charge < -0.3 is 15.1 Å².